The number of carbonyl (C=O) groups excluding carboxylic acids is 1. The first-order valence-electron chi connectivity index (χ1n) is 5.02. The highest BCUT2D eigenvalue weighted by Crippen LogP contribution is 2.12. The standard InChI is InChI=1S/C12H14O3S2/c1-15-11-4-2-10(3-5-11)12(13)6-8-17(14)9-7-16/h2-6,8,16H,7,9H2,1H3/b8-6+. The van der Waals surface area contributed by atoms with E-state index in [4.69, 9.17) is 4.74 Å². The molecule has 0 aliphatic rings. The van der Waals surface area contributed by atoms with Crippen LogP contribution in [0.4, 0.5) is 0 Å². The van der Waals surface area contributed by atoms with Gasteiger partial charge >= 0.3 is 0 Å². The first kappa shape index (κ1) is 14.0. The third-order valence-electron chi connectivity index (χ3n) is 2.04. The molecular weight excluding hydrogens is 256 g/mol. The largest absolute Gasteiger partial charge is 0.497 e. The van der Waals surface area contributed by atoms with E-state index in [1.807, 2.05) is 0 Å². The van der Waals surface area contributed by atoms with Crippen LogP contribution < -0.4 is 4.74 Å². The van der Waals surface area contributed by atoms with Gasteiger partial charge in [-0.2, -0.15) is 12.6 Å². The van der Waals surface area contributed by atoms with E-state index < -0.39 is 10.8 Å². The van der Waals surface area contributed by atoms with Crippen LogP contribution in [-0.2, 0) is 10.8 Å². The van der Waals surface area contributed by atoms with Crippen molar-refractivity contribution >= 4 is 29.2 Å². The van der Waals surface area contributed by atoms with Crippen LogP contribution in [0.1, 0.15) is 10.4 Å². The topological polar surface area (TPSA) is 43.4 Å². The van der Waals surface area contributed by atoms with Crippen molar-refractivity contribution in [2.24, 2.45) is 0 Å². The van der Waals surface area contributed by atoms with Gasteiger partial charge in [0.05, 0.1) is 7.11 Å². The Kier molecular flexibility index (Phi) is 6.00. The minimum absolute atomic E-state index is 0.167. The molecule has 0 fully saturated rings. The third kappa shape index (κ3) is 4.75. The van der Waals surface area contributed by atoms with Crippen LogP contribution in [0.2, 0.25) is 0 Å². The molecule has 1 rings (SSSR count). The lowest BCUT2D eigenvalue weighted by molar-refractivity contribution is 0.104. The summed E-state index contributed by atoms with van der Waals surface area (Å²) in [6.45, 7) is 0. The van der Waals surface area contributed by atoms with Crippen LogP contribution in [0.15, 0.2) is 35.7 Å². The normalized spacial score (nSPS) is 12.6. The number of allylic oxidation sites excluding steroid dienone is 1. The number of methoxy groups -OCH3 is 1. The van der Waals surface area contributed by atoms with Crippen LogP contribution in [0.5, 0.6) is 5.75 Å². The van der Waals surface area contributed by atoms with Crippen molar-refractivity contribution in [1.82, 2.24) is 0 Å². The highest BCUT2D eigenvalue weighted by atomic mass is 32.2. The predicted octanol–water partition coefficient (Wildman–Crippen LogP) is 2.07. The highest BCUT2D eigenvalue weighted by molar-refractivity contribution is 7.89. The molecular formula is C12H14O3S2. The highest BCUT2D eigenvalue weighted by Gasteiger charge is 2.02. The second-order valence-electron chi connectivity index (χ2n) is 3.20. The molecule has 0 saturated carbocycles. The SMILES string of the molecule is COc1ccc(C(=O)/C=C/S(=O)CCS)cc1. The zero-order valence-electron chi connectivity index (χ0n) is 9.46. The predicted molar refractivity (Wildman–Crippen MR) is 73.3 cm³/mol. The molecule has 0 bridgehead atoms. The number of hydrogen-bond donors (Lipinski definition) is 1. The maximum absolute atomic E-state index is 11.7. The minimum Gasteiger partial charge on any atom is -0.497 e. The fourth-order valence-corrected chi connectivity index (χ4v) is 2.28. The second-order valence-corrected chi connectivity index (χ2v) is 5.09. The number of benzene rings is 1. The van der Waals surface area contributed by atoms with E-state index in [2.05, 4.69) is 12.6 Å². The number of ether oxygens (including phenoxy) is 1. The average Bonchev–Trinajstić information content (AvgIpc) is 2.36. The van der Waals surface area contributed by atoms with E-state index in [0.29, 0.717) is 22.8 Å². The summed E-state index contributed by atoms with van der Waals surface area (Å²) in [6, 6.07) is 6.78. The summed E-state index contributed by atoms with van der Waals surface area (Å²) in [7, 11) is 0.444. The Morgan fingerprint density at radius 1 is 1.41 bits per heavy atom. The van der Waals surface area contributed by atoms with Crippen LogP contribution in [0.25, 0.3) is 0 Å². The van der Waals surface area contributed by atoms with Gasteiger partial charge in [0.25, 0.3) is 0 Å². The number of ketones is 1. The first-order valence-corrected chi connectivity index (χ1v) is 7.03. The lowest BCUT2D eigenvalue weighted by Gasteiger charge is -1.99. The molecule has 0 aromatic heterocycles. The molecule has 1 atom stereocenters. The molecule has 0 amide bonds. The number of carbonyl (C=O) groups is 1. The molecule has 1 aromatic carbocycles. The summed E-state index contributed by atoms with van der Waals surface area (Å²) in [5, 5.41) is 1.41. The molecule has 0 aliphatic carbocycles. The molecule has 1 unspecified atom stereocenters. The number of thiol groups is 1. The lowest BCUT2D eigenvalue weighted by Crippen LogP contribution is -1.98. The van der Waals surface area contributed by atoms with Gasteiger partial charge in [0.2, 0.25) is 0 Å². The van der Waals surface area contributed by atoms with Gasteiger partial charge in [-0.15, -0.1) is 0 Å². The molecule has 0 saturated heterocycles. The van der Waals surface area contributed by atoms with Crippen LogP contribution in [0, 0.1) is 0 Å². The van der Waals surface area contributed by atoms with Crippen molar-refractivity contribution in [2.45, 2.75) is 0 Å². The molecule has 5 heteroatoms. The van der Waals surface area contributed by atoms with E-state index in [0.717, 1.165) is 0 Å². The monoisotopic (exact) mass is 270 g/mol. The van der Waals surface area contributed by atoms with Crippen molar-refractivity contribution in [3.63, 3.8) is 0 Å². The van der Waals surface area contributed by atoms with Crippen molar-refractivity contribution in [3.05, 3.63) is 41.3 Å². The van der Waals surface area contributed by atoms with Crippen molar-refractivity contribution < 1.29 is 13.7 Å². The summed E-state index contributed by atoms with van der Waals surface area (Å²) in [4.78, 5) is 11.7. The Balaban J connectivity index is 2.66. The number of hydrogen-bond acceptors (Lipinski definition) is 4. The van der Waals surface area contributed by atoms with Crippen molar-refractivity contribution in [2.75, 3.05) is 18.6 Å². The van der Waals surface area contributed by atoms with E-state index in [-0.39, 0.29) is 5.78 Å². The summed E-state index contributed by atoms with van der Waals surface area (Å²) < 4.78 is 16.3. The Bertz CT molecular complexity index is 424. The third-order valence-corrected chi connectivity index (χ3v) is 3.61. The molecule has 0 aliphatic heterocycles. The minimum atomic E-state index is -1.12. The summed E-state index contributed by atoms with van der Waals surface area (Å²) in [5.74, 6) is 1.52. The summed E-state index contributed by atoms with van der Waals surface area (Å²) >= 11 is 3.97. The van der Waals surface area contributed by atoms with Crippen LogP contribution in [-0.4, -0.2) is 28.6 Å². The van der Waals surface area contributed by atoms with Crippen LogP contribution >= 0.6 is 12.6 Å². The quantitative estimate of drug-likeness (QED) is 0.489. The summed E-state index contributed by atoms with van der Waals surface area (Å²) in [6.07, 6.45) is 1.33. The molecule has 17 heavy (non-hydrogen) atoms. The van der Waals surface area contributed by atoms with E-state index in [1.165, 1.54) is 11.5 Å². The van der Waals surface area contributed by atoms with Gasteiger partial charge in [0.1, 0.15) is 5.75 Å². The lowest BCUT2D eigenvalue weighted by atomic mass is 10.1. The van der Waals surface area contributed by atoms with Crippen LogP contribution in [0.3, 0.4) is 0 Å². The first-order chi connectivity index (χ1) is 8.17. The second kappa shape index (κ2) is 7.29. The fraction of sp³-hybridized carbons (Fsp3) is 0.250. The Morgan fingerprint density at radius 3 is 2.59 bits per heavy atom. The van der Waals surface area contributed by atoms with Gasteiger partial charge < -0.3 is 4.74 Å². The van der Waals surface area contributed by atoms with E-state index in [9.17, 15) is 9.00 Å². The van der Waals surface area contributed by atoms with Crippen molar-refractivity contribution in [3.8, 4) is 5.75 Å². The molecule has 0 N–H and O–H groups in total. The number of rotatable bonds is 6. The summed E-state index contributed by atoms with van der Waals surface area (Å²) in [5.41, 5.74) is 0.546. The van der Waals surface area contributed by atoms with E-state index >= 15 is 0 Å². The molecule has 3 nitrogen and oxygen atoms in total. The maximum atomic E-state index is 11.7. The van der Waals surface area contributed by atoms with Gasteiger partial charge in [-0.3, -0.25) is 9.00 Å². The molecule has 1 aromatic rings. The molecule has 0 radical (unpaired) electrons. The molecule has 0 heterocycles. The maximum Gasteiger partial charge on any atom is 0.186 e. The smallest absolute Gasteiger partial charge is 0.186 e. The molecule has 0 spiro atoms. The Hall–Kier alpha value is -1.07. The Morgan fingerprint density at radius 2 is 2.06 bits per heavy atom. The van der Waals surface area contributed by atoms with E-state index in [1.54, 1.807) is 31.4 Å². The molecule has 92 valence electrons. The van der Waals surface area contributed by atoms with Crippen molar-refractivity contribution in [1.29, 1.82) is 0 Å². The fourth-order valence-electron chi connectivity index (χ4n) is 1.15. The Labute approximate surface area is 109 Å². The van der Waals surface area contributed by atoms with Gasteiger partial charge in [-0.25, -0.2) is 0 Å². The van der Waals surface area contributed by atoms with Gasteiger partial charge in [0, 0.05) is 33.3 Å². The zero-order valence-corrected chi connectivity index (χ0v) is 11.2. The van der Waals surface area contributed by atoms with Gasteiger partial charge in [0.15, 0.2) is 5.78 Å². The zero-order chi connectivity index (χ0) is 12.7. The van der Waals surface area contributed by atoms with Gasteiger partial charge in [-0.1, -0.05) is 0 Å². The van der Waals surface area contributed by atoms with Gasteiger partial charge in [-0.05, 0) is 30.3 Å². The average molecular weight is 270 g/mol.